The Morgan fingerprint density at radius 1 is 1.18 bits per heavy atom. The van der Waals surface area contributed by atoms with Gasteiger partial charge in [0.15, 0.2) is 0 Å². The number of benzene rings is 1. The molecule has 1 heterocycles. The first-order valence-electron chi connectivity index (χ1n) is 7.52. The molecule has 0 saturated heterocycles. The molecule has 1 unspecified atom stereocenters. The molecular formula is C15H12F7N3O3. The number of amides is 2. The van der Waals surface area contributed by atoms with Gasteiger partial charge in [0.05, 0.1) is 12.6 Å². The summed E-state index contributed by atoms with van der Waals surface area (Å²) in [5.74, 6) is -7.32. The predicted octanol–water partition coefficient (Wildman–Crippen LogP) is 2.50. The number of hydrogen-bond donors (Lipinski definition) is 2. The Bertz CT molecular complexity index is 820. The van der Waals surface area contributed by atoms with Crippen molar-refractivity contribution >= 4 is 17.6 Å². The lowest BCUT2D eigenvalue weighted by Gasteiger charge is -2.27. The topological polar surface area (TPSA) is 82.5 Å². The average molecular weight is 415 g/mol. The second-order valence-electron chi connectivity index (χ2n) is 5.85. The number of ether oxygens (including phenoxy) is 1. The van der Waals surface area contributed by atoms with Crippen LogP contribution in [0.1, 0.15) is 18.1 Å². The number of rotatable bonds is 1. The van der Waals surface area contributed by atoms with E-state index in [1.165, 1.54) is 12.2 Å². The van der Waals surface area contributed by atoms with Crippen molar-refractivity contribution in [3.63, 3.8) is 0 Å². The molecule has 2 N–H and O–H groups in total. The third-order valence-electron chi connectivity index (χ3n) is 3.78. The first-order valence-corrected chi connectivity index (χ1v) is 7.52. The van der Waals surface area contributed by atoms with E-state index in [1.807, 2.05) is 0 Å². The Hall–Kier alpha value is -2.86. The van der Waals surface area contributed by atoms with Crippen LogP contribution in [0.5, 0.6) is 5.75 Å². The molecular weight excluding hydrogens is 403 g/mol. The maximum absolute atomic E-state index is 14.4. The van der Waals surface area contributed by atoms with E-state index in [2.05, 4.69) is 0 Å². The van der Waals surface area contributed by atoms with Gasteiger partial charge in [-0.15, -0.1) is 0 Å². The van der Waals surface area contributed by atoms with Gasteiger partial charge in [0, 0.05) is 11.1 Å². The zero-order valence-corrected chi connectivity index (χ0v) is 14.0. The van der Waals surface area contributed by atoms with Crippen molar-refractivity contribution in [1.82, 2.24) is 10.2 Å². The van der Waals surface area contributed by atoms with Crippen molar-refractivity contribution in [3.8, 4) is 5.75 Å². The third-order valence-corrected chi connectivity index (χ3v) is 3.78. The largest absolute Gasteiger partial charge is 0.491 e. The highest BCUT2D eigenvalue weighted by atomic mass is 19.4. The highest BCUT2D eigenvalue weighted by Gasteiger charge is 2.45. The van der Waals surface area contributed by atoms with E-state index in [0.29, 0.717) is 11.0 Å². The van der Waals surface area contributed by atoms with Gasteiger partial charge in [-0.2, -0.15) is 26.3 Å². The van der Waals surface area contributed by atoms with Crippen molar-refractivity contribution in [2.75, 3.05) is 6.61 Å². The molecule has 0 radical (unpaired) electrons. The molecule has 1 aliphatic heterocycles. The molecule has 0 aliphatic carbocycles. The fourth-order valence-electron chi connectivity index (χ4n) is 2.36. The Morgan fingerprint density at radius 2 is 1.79 bits per heavy atom. The molecule has 0 saturated carbocycles. The molecule has 0 spiro atoms. The normalized spacial score (nSPS) is 17.3. The van der Waals surface area contributed by atoms with Crippen molar-refractivity contribution in [3.05, 3.63) is 29.1 Å². The molecule has 1 aromatic carbocycles. The summed E-state index contributed by atoms with van der Waals surface area (Å²) in [6.45, 7) is -0.0247. The maximum atomic E-state index is 14.4. The molecule has 1 atom stereocenters. The van der Waals surface area contributed by atoms with Gasteiger partial charge in [0.1, 0.15) is 24.0 Å². The molecule has 0 fully saturated rings. The Kier molecular flexibility index (Phi) is 5.57. The van der Waals surface area contributed by atoms with E-state index in [9.17, 15) is 40.3 Å². The lowest BCUT2D eigenvalue weighted by molar-refractivity contribution is -0.188. The second-order valence-corrected chi connectivity index (χ2v) is 5.85. The summed E-state index contributed by atoms with van der Waals surface area (Å²) < 4.78 is 94.5. The highest BCUT2D eigenvalue weighted by Crippen LogP contribution is 2.31. The molecule has 1 aliphatic rings. The fourth-order valence-corrected chi connectivity index (χ4v) is 2.36. The average Bonchev–Trinajstić information content (AvgIpc) is 2.72. The maximum Gasteiger partial charge on any atom is 0.471 e. The molecule has 13 heteroatoms. The SMILES string of the molecule is CC1COc2cc(C(=N)NC(=O)C(F)(F)F)cc(F)c2CN1C(=O)C(F)(F)F. The summed E-state index contributed by atoms with van der Waals surface area (Å²) in [7, 11) is 0. The van der Waals surface area contributed by atoms with Gasteiger partial charge in [0.25, 0.3) is 0 Å². The van der Waals surface area contributed by atoms with Crippen LogP contribution in [0.3, 0.4) is 0 Å². The van der Waals surface area contributed by atoms with Crippen molar-refractivity contribution in [1.29, 1.82) is 5.41 Å². The van der Waals surface area contributed by atoms with Crippen LogP contribution in [0.25, 0.3) is 0 Å². The van der Waals surface area contributed by atoms with Crippen molar-refractivity contribution in [2.45, 2.75) is 31.9 Å². The van der Waals surface area contributed by atoms with E-state index in [-0.39, 0.29) is 5.75 Å². The van der Waals surface area contributed by atoms with Crippen LogP contribution in [-0.4, -0.2) is 47.6 Å². The summed E-state index contributed by atoms with van der Waals surface area (Å²) in [5, 5.41) is 8.70. The minimum absolute atomic E-state index is 0.353. The molecule has 154 valence electrons. The molecule has 6 nitrogen and oxygen atoms in total. The zero-order valence-electron chi connectivity index (χ0n) is 14.0. The number of nitrogens with one attached hydrogen (secondary N) is 2. The van der Waals surface area contributed by atoms with E-state index >= 15 is 0 Å². The monoisotopic (exact) mass is 415 g/mol. The number of amidine groups is 1. The first-order chi connectivity index (χ1) is 12.7. The number of alkyl halides is 6. The van der Waals surface area contributed by atoms with Crippen LogP contribution >= 0.6 is 0 Å². The number of halogens is 7. The highest BCUT2D eigenvalue weighted by molar-refractivity contribution is 6.07. The molecule has 28 heavy (non-hydrogen) atoms. The summed E-state index contributed by atoms with van der Waals surface area (Å²) in [5.41, 5.74) is -0.947. The van der Waals surface area contributed by atoms with Crippen LogP contribution in [0, 0.1) is 11.2 Å². The predicted molar refractivity (Wildman–Crippen MR) is 79.0 cm³/mol. The van der Waals surface area contributed by atoms with Crippen LogP contribution in [-0.2, 0) is 16.1 Å². The molecule has 1 aromatic rings. The van der Waals surface area contributed by atoms with E-state index in [1.54, 1.807) is 0 Å². The number of nitrogens with zero attached hydrogens (tertiary/aromatic N) is 1. The van der Waals surface area contributed by atoms with Crippen LogP contribution < -0.4 is 10.1 Å². The number of carbonyl (C=O) groups is 2. The second kappa shape index (κ2) is 7.28. The Morgan fingerprint density at radius 3 is 2.32 bits per heavy atom. The molecule has 2 amide bonds. The van der Waals surface area contributed by atoms with E-state index in [4.69, 9.17) is 10.1 Å². The van der Waals surface area contributed by atoms with E-state index < -0.39 is 66.1 Å². The number of fused-ring (bicyclic) bond motifs is 1. The summed E-state index contributed by atoms with van der Waals surface area (Å²) >= 11 is 0. The summed E-state index contributed by atoms with van der Waals surface area (Å²) in [6.07, 6.45) is -10.5. The molecule has 0 bridgehead atoms. The lowest BCUT2D eigenvalue weighted by atomic mass is 10.1. The lowest BCUT2D eigenvalue weighted by Crippen LogP contribution is -2.46. The Labute approximate surface area is 152 Å². The first kappa shape index (κ1) is 21.4. The van der Waals surface area contributed by atoms with Gasteiger partial charge in [-0.25, -0.2) is 4.39 Å². The number of hydrogen-bond acceptors (Lipinski definition) is 4. The van der Waals surface area contributed by atoms with Gasteiger partial charge < -0.3 is 15.0 Å². The standard InChI is InChI=1S/C15H12F7N3O3/c1-6-5-28-10-3-7(11(23)24-12(26)14(17,18)19)2-9(16)8(10)4-25(6)13(27)15(20,21)22/h2-3,6H,4-5H2,1H3,(H2,23,24,26). The smallest absolute Gasteiger partial charge is 0.471 e. The van der Waals surface area contributed by atoms with E-state index in [0.717, 1.165) is 6.07 Å². The molecule has 2 rings (SSSR count). The molecule has 0 aromatic heterocycles. The Balaban J connectivity index is 2.34. The summed E-state index contributed by atoms with van der Waals surface area (Å²) in [4.78, 5) is 22.8. The minimum atomic E-state index is -5.28. The van der Waals surface area contributed by atoms with Crippen molar-refractivity contribution in [2.24, 2.45) is 0 Å². The van der Waals surface area contributed by atoms with Gasteiger partial charge in [-0.05, 0) is 19.1 Å². The van der Waals surface area contributed by atoms with Crippen LogP contribution in [0.15, 0.2) is 12.1 Å². The van der Waals surface area contributed by atoms with Gasteiger partial charge in [-0.1, -0.05) is 0 Å². The zero-order chi connectivity index (χ0) is 21.4. The van der Waals surface area contributed by atoms with Gasteiger partial charge in [-0.3, -0.25) is 15.0 Å². The van der Waals surface area contributed by atoms with Crippen LogP contribution in [0.2, 0.25) is 0 Å². The third kappa shape index (κ3) is 4.51. The van der Waals surface area contributed by atoms with Crippen LogP contribution in [0.4, 0.5) is 30.7 Å². The number of carbonyl (C=O) groups excluding carboxylic acids is 2. The fraction of sp³-hybridized carbons (Fsp3) is 0.400. The van der Waals surface area contributed by atoms with Gasteiger partial charge >= 0.3 is 24.2 Å². The van der Waals surface area contributed by atoms with Gasteiger partial charge in [0.2, 0.25) is 0 Å². The quantitative estimate of drug-likeness (QED) is 0.420. The van der Waals surface area contributed by atoms with Crippen molar-refractivity contribution < 1.29 is 45.1 Å². The minimum Gasteiger partial charge on any atom is -0.491 e. The summed E-state index contributed by atoms with van der Waals surface area (Å²) in [6, 6.07) is 0.354.